The number of aliphatic hydroxyl groups is 1. The van der Waals surface area contributed by atoms with Crippen LogP contribution >= 0.6 is 0 Å². The molecule has 5 rings (SSSR count). The fraction of sp³-hybridized carbons (Fsp3) is 0.294. The van der Waals surface area contributed by atoms with Crippen LogP contribution in [0.25, 0.3) is 0 Å². The van der Waals surface area contributed by atoms with Gasteiger partial charge in [0.2, 0.25) is 0 Å². The molecule has 0 bridgehead atoms. The van der Waals surface area contributed by atoms with Gasteiger partial charge in [0.15, 0.2) is 0 Å². The van der Waals surface area contributed by atoms with Crippen LogP contribution in [0.4, 0.5) is 0 Å². The van der Waals surface area contributed by atoms with Gasteiger partial charge in [-0.3, -0.25) is 0 Å². The minimum absolute atomic E-state index is 0.0512. The van der Waals surface area contributed by atoms with Crippen molar-refractivity contribution in [2.24, 2.45) is 5.92 Å². The average Bonchev–Trinajstić information content (AvgIpc) is 2.87. The quantitative estimate of drug-likeness (QED) is 0.804. The topological polar surface area (TPSA) is 20.2 Å². The summed E-state index contributed by atoms with van der Waals surface area (Å²) < 4.78 is 0. The van der Waals surface area contributed by atoms with Gasteiger partial charge in [0, 0.05) is 17.3 Å². The molecule has 0 amide bonds. The van der Waals surface area contributed by atoms with Crippen LogP contribution in [0.3, 0.4) is 0 Å². The van der Waals surface area contributed by atoms with Gasteiger partial charge in [-0.25, -0.2) is 0 Å². The number of hydrogen-bond acceptors (Lipinski definition) is 1. The smallest absolute Gasteiger partial charge is 0.0537 e. The molecule has 2 aromatic carbocycles. The molecule has 0 saturated heterocycles. The van der Waals surface area contributed by atoms with E-state index in [1.807, 2.05) is 0 Å². The summed E-state index contributed by atoms with van der Waals surface area (Å²) in [4.78, 5) is 0. The molecule has 1 fully saturated rings. The molecule has 0 aliphatic heterocycles. The second-order valence-corrected chi connectivity index (χ2v) is 5.90. The molecule has 3 aliphatic rings. The Hall–Kier alpha value is -1.60. The number of fused-ring (bicyclic) bond motifs is 7. The van der Waals surface area contributed by atoms with E-state index >= 15 is 0 Å². The third-order valence-electron chi connectivity index (χ3n) is 5.48. The zero-order chi connectivity index (χ0) is 11.9. The Kier molecular flexibility index (Phi) is 1.40. The van der Waals surface area contributed by atoms with Crippen molar-refractivity contribution in [3.05, 3.63) is 70.8 Å². The van der Waals surface area contributed by atoms with Crippen molar-refractivity contribution < 1.29 is 5.11 Å². The predicted octanol–water partition coefficient (Wildman–Crippen LogP) is 2.79. The van der Waals surface area contributed by atoms with Crippen LogP contribution in [0, 0.1) is 5.92 Å². The van der Waals surface area contributed by atoms with Crippen LogP contribution in [0.15, 0.2) is 48.5 Å². The number of aliphatic hydroxyl groups excluding tert-OH is 1. The van der Waals surface area contributed by atoms with Gasteiger partial charge in [0.25, 0.3) is 0 Å². The van der Waals surface area contributed by atoms with Gasteiger partial charge in [-0.15, -0.1) is 0 Å². The maximum Gasteiger partial charge on any atom is 0.0537 e. The Morgan fingerprint density at radius 1 is 0.889 bits per heavy atom. The zero-order valence-electron chi connectivity index (χ0n) is 10.0. The molecule has 2 aromatic rings. The van der Waals surface area contributed by atoms with Crippen molar-refractivity contribution in [1.82, 2.24) is 0 Å². The van der Waals surface area contributed by atoms with Gasteiger partial charge in [-0.1, -0.05) is 48.5 Å². The van der Waals surface area contributed by atoms with E-state index in [9.17, 15) is 5.11 Å². The second kappa shape index (κ2) is 2.70. The highest BCUT2D eigenvalue weighted by molar-refractivity contribution is 5.67. The summed E-state index contributed by atoms with van der Waals surface area (Å²) in [5.74, 6) is 1.73. The molecule has 4 atom stereocenters. The number of rotatable bonds is 1. The molecule has 1 nitrogen and oxygen atoms in total. The first kappa shape index (κ1) is 9.35. The van der Waals surface area contributed by atoms with Gasteiger partial charge in [0.05, 0.1) is 6.61 Å². The minimum atomic E-state index is 0.0512. The lowest BCUT2D eigenvalue weighted by molar-refractivity contribution is 0.245. The third-order valence-corrected chi connectivity index (χ3v) is 5.48. The molecule has 1 heteroatoms. The van der Waals surface area contributed by atoms with E-state index in [2.05, 4.69) is 48.5 Å². The van der Waals surface area contributed by atoms with Crippen LogP contribution in [0.5, 0.6) is 0 Å². The highest BCUT2D eigenvalue weighted by Gasteiger charge is 2.76. The Morgan fingerprint density at radius 2 is 1.56 bits per heavy atom. The molecule has 0 unspecified atom stereocenters. The van der Waals surface area contributed by atoms with E-state index in [0.717, 1.165) is 0 Å². The van der Waals surface area contributed by atoms with Gasteiger partial charge in [-0.2, -0.15) is 0 Å². The van der Waals surface area contributed by atoms with E-state index in [1.165, 1.54) is 22.3 Å². The minimum Gasteiger partial charge on any atom is -0.395 e. The normalized spacial score (nSPS) is 37.1. The SMILES string of the molecule is OC[C@]12c3ccccc3[C@H]3c4ccccc4[C@H]1[C@@H]32. The lowest BCUT2D eigenvalue weighted by atomic mass is 9.91. The van der Waals surface area contributed by atoms with Crippen molar-refractivity contribution in [3.63, 3.8) is 0 Å². The van der Waals surface area contributed by atoms with Crippen molar-refractivity contribution >= 4 is 0 Å². The lowest BCUT2D eigenvalue weighted by Gasteiger charge is -2.14. The van der Waals surface area contributed by atoms with Crippen molar-refractivity contribution in [1.29, 1.82) is 0 Å². The predicted molar refractivity (Wildman–Crippen MR) is 69.7 cm³/mol. The van der Waals surface area contributed by atoms with Gasteiger partial charge >= 0.3 is 0 Å². The molecular formula is C17H14O. The largest absolute Gasteiger partial charge is 0.395 e. The summed E-state index contributed by atoms with van der Waals surface area (Å²) in [6, 6.07) is 17.5. The standard InChI is InChI=1S/C17H14O/c18-9-17-13-8-4-3-7-12(13)14-10-5-1-2-6-11(10)15(17)16(14)17/h1-8,14-16,18H,9H2/t14-,15+,16-,17+/m1/s1. The van der Waals surface area contributed by atoms with Gasteiger partial charge in [0.1, 0.15) is 0 Å². The van der Waals surface area contributed by atoms with Gasteiger partial charge in [-0.05, 0) is 28.2 Å². The molecule has 0 radical (unpaired) electrons. The highest BCUT2D eigenvalue weighted by Crippen LogP contribution is 2.80. The summed E-state index contributed by atoms with van der Waals surface area (Å²) in [7, 11) is 0. The zero-order valence-corrected chi connectivity index (χ0v) is 10.0. The summed E-state index contributed by atoms with van der Waals surface area (Å²) in [6.07, 6.45) is 0. The molecule has 18 heavy (non-hydrogen) atoms. The third kappa shape index (κ3) is 0.733. The second-order valence-electron chi connectivity index (χ2n) is 5.90. The maximum absolute atomic E-state index is 9.96. The number of hydrogen-bond donors (Lipinski definition) is 1. The summed E-state index contributed by atoms with van der Waals surface area (Å²) in [5.41, 5.74) is 5.90. The maximum atomic E-state index is 9.96. The fourth-order valence-corrected chi connectivity index (χ4v) is 4.89. The molecule has 0 heterocycles. The van der Waals surface area contributed by atoms with Crippen molar-refractivity contribution in [2.75, 3.05) is 6.61 Å². The van der Waals surface area contributed by atoms with Crippen LogP contribution in [0.1, 0.15) is 34.1 Å². The Bertz CT molecular complexity index is 675. The van der Waals surface area contributed by atoms with Crippen LogP contribution in [-0.4, -0.2) is 11.7 Å². The average molecular weight is 234 g/mol. The van der Waals surface area contributed by atoms with E-state index in [1.54, 1.807) is 0 Å². The molecule has 0 spiro atoms. The van der Waals surface area contributed by atoms with E-state index in [0.29, 0.717) is 24.4 Å². The van der Waals surface area contributed by atoms with E-state index < -0.39 is 0 Å². The summed E-state index contributed by atoms with van der Waals surface area (Å²) in [6.45, 7) is 0.296. The van der Waals surface area contributed by atoms with E-state index in [4.69, 9.17) is 0 Å². The molecule has 1 N–H and O–H groups in total. The molecule has 88 valence electrons. The van der Waals surface area contributed by atoms with Crippen molar-refractivity contribution in [2.45, 2.75) is 17.3 Å². The first-order valence-corrected chi connectivity index (χ1v) is 6.68. The summed E-state index contributed by atoms with van der Waals surface area (Å²) >= 11 is 0. The number of benzene rings is 2. The fourth-order valence-electron chi connectivity index (χ4n) is 4.89. The summed E-state index contributed by atoms with van der Waals surface area (Å²) in [5, 5.41) is 9.96. The van der Waals surface area contributed by atoms with Crippen LogP contribution in [-0.2, 0) is 5.41 Å². The van der Waals surface area contributed by atoms with E-state index in [-0.39, 0.29) is 5.41 Å². The molecule has 0 aromatic heterocycles. The first-order valence-electron chi connectivity index (χ1n) is 6.68. The Morgan fingerprint density at radius 3 is 2.33 bits per heavy atom. The Labute approximate surface area is 106 Å². The monoisotopic (exact) mass is 234 g/mol. The Balaban J connectivity index is 1.86. The lowest BCUT2D eigenvalue weighted by Crippen LogP contribution is -2.16. The first-order chi connectivity index (χ1) is 8.89. The van der Waals surface area contributed by atoms with Crippen LogP contribution < -0.4 is 0 Å². The highest BCUT2D eigenvalue weighted by atomic mass is 16.3. The van der Waals surface area contributed by atoms with Gasteiger partial charge < -0.3 is 5.11 Å². The van der Waals surface area contributed by atoms with Crippen molar-refractivity contribution in [3.8, 4) is 0 Å². The van der Waals surface area contributed by atoms with Crippen LogP contribution in [0.2, 0.25) is 0 Å². The molecule has 3 aliphatic carbocycles. The molecular weight excluding hydrogens is 220 g/mol. The molecule has 1 saturated carbocycles.